The topological polar surface area (TPSA) is 25.8 Å². The van der Waals surface area contributed by atoms with Crippen molar-refractivity contribution in [3.63, 3.8) is 0 Å². The van der Waals surface area contributed by atoms with Crippen molar-refractivity contribution in [3.8, 4) is 11.3 Å². The van der Waals surface area contributed by atoms with Gasteiger partial charge >= 0.3 is 0 Å². The molecule has 0 aliphatic carbocycles. The second-order valence-electron chi connectivity index (χ2n) is 3.74. The van der Waals surface area contributed by atoms with Gasteiger partial charge in [-0.3, -0.25) is 0 Å². The molecule has 82 valence electrons. The lowest BCUT2D eigenvalue weighted by molar-refractivity contribution is 1.12. The van der Waals surface area contributed by atoms with E-state index in [0.29, 0.717) is 4.73 Å². The van der Waals surface area contributed by atoms with E-state index in [4.69, 9.17) is 0 Å². The summed E-state index contributed by atoms with van der Waals surface area (Å²) >= 11 is 3.30. The Labute approximate surface area is 107 Å². The van der Waals surface area contributed by atoms with Gasteiger partial charge in [0.15, 0.2) is 4.73 Å². The molecule has 0 saturated carbocycles. The third kappa shape index (κ3) is 1.94. The summed E-state index contributed by atoms with van der Waals surface area (Å²) in [6.07, 6.45) is 1.76. The van der Waals surface area contributed by atoms with Gasteiger partial charge in [0, 0.05) is 11.8 Å². The molecular weight excluding hydrogens is 276 g/mol. The fourth-order valence-electron chi connectivity index (χ4n) is 1.93. The monoisotopic (exact) mass is 284 g/mol. The summed E-state index contributed by atoms with van der Waals surface area (Å²) in [5, 5.41) is 2.43. The maximum absolute atomic E-state index is 4.40. The molecule has 0 atom stereocenters. The summed E-state index contributed by atoms with van der Waals surface area (Å²) in [4.78, 5) is 8.45. The molecule has 0 saturated heterocycles. The van der Waals surface area contributed by atoms with Crippen molar-refractivity contribution in [1.82, 2.24) is 9.97 Å². The highest BCUT2D eigenvalue weighted by Crippen LogP contribution is 2.27. The fraction of sp³-hybridized carbons (Fsp3) is 0. The third-order valence-corrected chi connectivity index (χ3v) is 3.07. The van der Waals surface area contributed by atoms with Crippen molar-refractivity contribution < 1.29 is 0 Å². The summed E-state index contributed by atoms with van der Waals surface area (Å²) < 4.78 is 0.614. The Bertz CT molecular complexity index is 674. The lowest BCUT2D eigenvalue weighted by Gasteiger charge is -2.05. The van der Waals surface area contributed by atoms with E-state index in [-0.39, 0.29) is 0 Å². The standard InChI is InChI=1S/C14H9BrN2/c15-14-16-9-8-13(17-14)12-7-3-5-10-4-1-2-6-11(10)12/h1-9H. The summed E-state index contributed by atoms with van der Waals surface area (Å²) in [6.45, 7) is 0. The van der Waals surface area contributed by atoms with Gasteiger partial charge in [-0.15, -0.1) is 0 Å². The molecule has 0 radical (unpaired) electrons. The molecule has 1 aromatic heterocycles. The van der Waals surface area contributed by atoms with E-state index in [0.717, 1.165) is 11.3 Å². The van der Waals surface area contributed by atoms with Gasteiger partial charge < -0.3 is 0 Å². The van der Waals surface area contributed by atoms with Crippen LogP contribution in [0.15, 0.2) is 59.5 Å². The molecule has 2 nitrogen and oxygen atoms in total. The van der Waals surface area contributed by atoms with Crippen molar-refractivity contribution in [1.29, 1.82) is 0 Å². The number of aromatic nitrogens is 2. The average molecular weight is 285 g/mol. The quantitative estimate of drug-likeness (QED) is 0.630. The van der Waals surface area contributed by atoms with E-state index in [1.165, 1.54) is 10.8 Å². The Kier molecular flexibility index (Phi) is 2.61. The number of fused-ring (bicyclic) bond motifs is 1. The van der Waals surface area contributed by atoms with Gasteiger partial charge in [0.25, 0.3) is 0 Å². The summed E-state index contributed by atoms with van der Waals surface area (Å²) in [6, 6.07) is 16.5. The first-order valence-corrected chi connectivity index (χ1v) is 6.10. The van der Waals surface area contributed by atoms with Crippen LogP contribution in [0.5, 0.6) is 0 Å². The van der Waals surface area contributed by atoms with Crippen LogP contribution in [0.25, 0.3) is 22.0 Å². The highest BCUT2D eigenvalue weighted by molar-refractivity contribution is 9.10. The normalized spacial score (nSPS) is 10.6. The van der Waals surface area contributed by atoms with Crippen LogP contribution in [-0.4, -0.2) is 9.97 Å². The molecule has 0 spiro atoms. The van der Waals surface area contributed by atoms with Crippen molar-refractivity contribution in [2.75, 3.05) is 0 Å². The van der Waals surface area contributed by atoms with Crippen LogP contribution < -0.4 is 0 Å². The second kappa shape index (κ2) is 4.26. The summed E-state index contributed by atoms with van der Waals surface area (Å²) in [7, 11) is 0. The predicted octanol–water partition coefficient (Wildman–Crippen LogP) is 4.06. The van der Waals surface area contributed by atoms with Gasteiger partial charge in [-0.25, -0.2) is 9.97 Å². The minimum Gasteiger partial charge on any atom is -0.231 e. The first-order chi connectivity index (χ1) is 8.34. The predicted molar refractivity (Wildman–Crippen MR) is 72.7 cm³/mol. The van der Waals surface area contributed by atoms with Crippen LogP contribution in [0.4, 0.5) is 0 Å². The van der Waals surface area contributed by atoms with Crippen molar-refractivity contribution in [2.24, 2.45) is 0 Å². The molecule has 0 N–H and O–H groups in total. The molecule has 17 heavy (non-hydrogen) atoms. The van der Waals surface area contributed by atoms with Crippen molar-refractivity contribution in [2.45, 2.75) is 0 Å². The van der Waals surface area contributed by atoms with Crippen LogP contribution in [0.1, 0.15) is 0 Å². The molecule has 0 aliphatic heterocycles. The van der Waals surface area contributed by atoms with Crippen LogP contribution in [0.2, 0.25) is 0 Å². The molecule has 1 heterocycles. The number of hydrogen-bond donors (Lipinski definition) is 0. The highest BCUT2D eigenvalue weighted by atomic mass is 79.9. The maximum Gasteiger partial charge on any atom is 0.197 e. The minimum atomic E-state index is 0.614. The van der Waals surface area contributed by atoms with Crippen LogP contribution >= 0.6 is 15.9 Å². The first kappa shape index (κ1) is 10.4. The Balaban J connectivity index is 2.30. The second-order valence-corrected chi connectivity index (χ2v) is 4.45. The van der Waals surface area contributed by atoms with Gasteiger partial charge in [0.1, 0.15) is 0 Å². The first-order valence-electron chi connectivity index (χ1n) is 5.31. The zero-order valence-corrected chi connectivity index (χ0v) is 10.6. The zero-order chi connectivity index (χ0) is 11.7. The van der Waals surface area contributed by atoms with E-state index in [1.807, 2.05) is 24.3 Å². The number of hydrogen-bond acceptors (Lipinski definition) is 2. The third-order valence-electron chi connectivity index (χ3n) is 2.69. The van der Waals surface area contributed by atoms with Crippen LogP contribution in [0.3, 0.4) is 0 Å². The Morgan fingerprint density at radius 2 is 1.71 bits per heavy atom. The fourth-order valence-corrected chi connectivity index (χ4v) is 2.24. The molecule has 2 aromatic carbocycles. The number of halogens is 1. The number of benzene rings is 2. The molecule has 0 unspecified atom stereocenters. The number of rotatable bonds is 1. The zero-order valence-electron chi connectivity index (χ0n) is 8.97. The SMILES string of the molecule is Brc1nccc(-c2cccc3ccccc23)n1. The van der Waals surface area contributed by atoms with E-state index in [2.05, 4.69) is 50.2 Å². The summed E-state index contributed by atoms with van der Waals surface area (Å²) in [5.41, 5.74) is 2.06. The molecule has 3 heteroatoms. The van der Waals surface area contributed by atoms with E-state index in [1.54, 1.807) is 6.20 Å². The number of nitrogens with zero attached hydrogens (tertiary/aromatic N) is 2. The van der Waals surface area contributed by atoms with Gasteiger partial charge in [-0.2, -0.15) is 0 Å². The summed E-state index contributed by atoms with van der Waals surface area (Å²) in [5.74, 6) is 0. The smallest absolute Gasteiger partial charge is 0.197 e. The lowest BCUT2D eigenvalue weighted by atomic mass is 10.0. The van der Waals surface area contributed by atoms with Gasteiger partial charge in [0.05, 0.1) is 5.69 Å². The van der Waals surface area contributed by atoms with Crippen LogP contribution in [-0.2, 0) is 0 Å². The molecule has 3 aromatic rings. The van der Waals surface area contributed by atoms with Crippen molar-refractivity contribution >= 4 is 26.7 Å². The highest BCUT2D eigenvalue weighted by Gasteiger charge is 2.04. The van der Waals surface area contributed by atoms with Gasteiger partial charge in [-0.1, -0.05) is 42.5 Å². The minimum absolute atomic E-state index is 0.614. The van der Waals surface area contributed by atoms with E-state index >= 15 is 0 Å². The van der Waals surface area contributed by atoms with Gasteiger partial charge in [-0.05, 0) is 32.8 Å². The molecule has 0 aliphatic rings. The maximum atomic E-state index is 4.40. The molecular formula is C14H9BrN2. The molecule has 3 rings (SSSR count). The molecule has 0 bridgehead atoms. The van der Waals surface area contributed by atoms with Gasteiger partial charge in [0.2, 0.25) is 0 Å². The van der Waals surface area contributed by atoms with Crippen molar-refractivity contribution in [3.05, 3.63) is 59.5 Å². The Hall–Kier alpha value is -1.74. The van der Waals surface area contributed by atoms with Crippen LogP contribution in [0, 0.1) is 0 Å². The Morgan fingerprint density at radius 1 is 0.882 bits per heavy atom. The largest absolute Gasteiger partial charge is 0.231 e. The average Bonchev–Trinajstić information content (AvgIpc) is 2.38. The molecule has 0 fully saturated rings. The van der Waals surface area contributed by atoms with E-state index in [9.17, 15) is 0 Å². The Morgan fingerprint density at radius 3 is 2.59 bits per heavy atom. The lowest BCUT2D eigenvalue weighted by Crippen LogP contribution is -1.87. The van der Waals surface area contributed by atoms with E-state index < -0.39 is 0 Å². The molecule has 0 amide bonds.